The molecular formula is C21H12Cl2N4O. The number of pyridine rings is 2. The van der Waals surface area contributed by atoms with Crippen LogP contribution in [0.25, 0.3) is 44.3 Å². The van der Waals surface area contributed by atoms with Crippen molar-refractivity contribution in [2.75, 3.05) is 0 Å². The van der Waals surface area contributed by atoms with Crippen molar-refractivity contribution in [2.45, 2.75) is 0 Å². The second-order valence-corrected chi connectivity index (χ2v) is 7.23. The van der Waals surface area contributed by atoms with Crippen LogP contribution in [-0.4, -0.2) is 20.2 Å². The second-order valence-electron chi connectivity index (χ2n) is 6.42. The number of rotatable bonds is 2. The van der Waals surface area contributed by atoms with Crippen molar-refractivity contribution >= 4 is 45.1 Å². The van der Waals surface area contributed by atoms with Gasteiger partial charge in [0.2, 0.25) is 0 Å². The van der Waals surface area contributed by atoms with Gasteiger partial charge in [0.05, 0.1) is 27.5 Å². The molecule has 0 atom stereocenters. The van der Waals surface area contributed by atoms with Crippen molar-refractivity contribution in [2.24, 2.45) is 0 Å². The molecule has 0 aliphatic carbocycles. The van der Waals surface area contributed by atoms with Gasteiger partial charge in [-0.25, -0.2) is 4.98 Å². The third-order valence-electron chi connectivity index (χ3n) is 4.64. The Morgan fingerprint density at radius 1 is 0.893 bits per heavy atom. The summed E-state index contributed by atoms with van der Waals surface area (Å²) in [5, 5.41) is 9.44. The van der Waals surface area contributed by atoms with Crippen LogP contribution in [-0.2, 0) is 0 Å². The zero-order valence-electron chi connectivity index (χ0n) is 14.3. The lowest BCUT2D eigenvalue weighted by Crippen LogP contribution is -2.05. The van der Waals surface area contributed by atoms with Crippen LogP contribution in [0.2, 0.25) is 10.0 Å². The minimum Gasteiger partial charge on any atom is -0.306 e. The van der Waals surface area contributed by atoms with Crippen molar-refractivity contribution in [3.63, 3.8) is 0 Å². The molecular weight excluding hydrogens is 395 g/mol. The van der Waals surface area contributed by atoms with E-state index in [1.54, 1.807) is 6.20 Å². The van der Waals surface area contributed by atoms with Crippen LogP contribution in [0, 0.1) is 0 Å². The summed E-state index contributed by atoms with van der Waals surface area (Å²) in [4.78, 5) is 19.4. The number of nitrogens with zero attached hydrogens (tertiary/aromatic N) is 2. The van der Waals surface area contributed by atoms with Crippen LogP contribution < -0.4 is 5.56 Å². The SMILES string of the molecule is O=c1cc(Cl)c2cc(-c3cc(Cl)c4[nH]ncc4c3)c(-c3ccccc3)nc2[nH]1. The van der Waals surface area contributed by atoms with Crippen LogP contribution in [0.1, 0.15) is 0 Å². The number of aromatic nitrogens is 4. The Bertz CT molecular complexity index is 1410. The van der Waals surface area contributed by atoms with E-state index in [4.69, 9.17) is 28.2 Å². The van der Waals surface area contributed by atoms with Gasteiger partial charge in [-0.2, -0.15) is 5.10 Å². The smallest absolute Gasteiger partial charge is 0.251 e. The number of aromatic amines is 2. The number of benzene rings is 2. The van der Waals surface area contributed by atoms with Crippen molar-refractivity contribution in [3.05, 3.63) is 81.2 Å². The lowest BCUT2D eigenvalue weighted by atomic mass is 9.97. The Morgan fingerprint density at radius 3 is 2.54 bits per heavy atom. The summed E-state index contributed by atoms with van der Waals surface area (Å²) in [5.41, 5.74) is 4.32. The highest BCUT2D eigenvalue weighted by atomic mass is 35.5. The van der Waals surface area contributed by atoms with Crippen LogP contribution in [0.5, 0.6) is 0 Å². The first kappa shape index (κ1) is 17.0. The lowest BCUT2D eigenvalue weighted by Gasteiger charge is -2.12. The van der Waals surface area contributed by atoms with E-state index >= 15 is 0 Å². The largest absolute Gasteiger partial charge is 0.306 e. The maximum absolute atomic E-state index is 11.9. The molecule has 7 heteroatoms. The minimum atomic E-state index is -0.292. The predicted molar refractivity (Wildman–Crippen MR) is 113 cm³/mol. The van der Waals surface area contributed by atoms with E-state index in [0.29, 0.717) is 21.1 Å². The Labute approximate surface area is 169 Å². The van der Waals surface area contributed by atoms with E-state index in [1.165, 1.54) is 6.07 Å². The first-order valence-corrected chi connectivity index (χ1v) is 9.28. The predicted octanol–water partition coefficient (Wildman–Crippen LogP) is 5.44. The third-order valence-corrected chi connectivity index (χ3v) is 5.25. The van der Waals surface area contributed by atoms with Gasteiger partial charge in [0, 0.05) is 28.0 Å². The molecule has 3 heterocycles. The van der Waals surface area contributed by atoms with Gasteiger partial charge in [0.25, 0.3) is 5.56 Å². The van der Waals surface area contributed by atoms with Crippen LogP contribution in [0.15, 0.2) is 65.6 Å². The molecule has 0 radical (unpaired) electrons. The summed E-state index contributed by atoms with van der Waals surface area (Å²) >= 11 is 12.8. The summed E-state index contributed by atoms with van der Waals surface area (Å²) in [6, 6.07) is 16.9. The Kier molecular flexibility index (Phi) is 3.93. The molecule has 28 heavy (non-hydrogen) atoms. The van der Waals surface area contributed by atoms with Gasteiger partial charge in [-0.1, -0.05) is 53.5 Å². The molecule has 136 valence electrons. The molecule has 0 bridgehead atoms. The summed E-state index contributed by atoms with van der Waals surface area (Å²) in [5.74, 6) is 0. The number of hydrogen-bond acceptors (Lipinski definition) is 3. The highest BCUT2D eigenvalue weighted by Crippen LogP contribution is 2.37. The summed E-state index contributed by atoms with van der Waals surface area (Å²) in [6.45, 7) is 0. The molecule has 0 saturated carbocycles. The first-order valence-electron chi connectivity index (χ1n) is 8.52. The van der Waals surface area contributed by atoms with Gasteiger partial charge in [0.1, 0.15) is 5.65 Å². The van der Waals surface area contributed by atoms with Crippen LogP contribution in [0.3, 0.4) is 0 Å². The van der Waals surface area contributed by atoms with E-state index in [9.17, 15) is 4.79 Å². The van der Waals surface area contributed by atoms with Crippen molar-refractivity contribution < 1.29 is 0 Å². The number of halogens is 2. The quantitative estimate of drug-likeness (QED) is 0.409. The molecule has 5 rings (SSSR count). The molecule has 0 aliphatic rings. The molecule has 0 fully saturated rings. The van der Waals surface area contributed by atoms with Crippen molar-refractivity contribution in [3.8, 4) is 22.4 Å². The normalized spacial score (nSPS) is 11.4. The minimum absolute atomic E-state index is 0.292. The molecule has 5 nitrogen and oxygen atoms in total. The van der Waals surface area contributed by atoms with Gasteiger partial charge in [-0.3, -0.25) is 9.89 Å². The lowest BCUT2D eigenvalue weighted by molar-refractivity contribution is 1.12. The average molecular weight is 407 g/mol. The highest BCUT2D eigenvalue weighted by Gasteiger charge is 2.15. The number of hydrogen-bond donors (Lipinski definition) is 2. The van der Waals surface area contributed by atoms with Gasteiger partial charge in [0.15, 0.2) is 0 Å². The van der Waals surface area contributed by atoms with Crippen molar-refractivity contribution in [1.82, 2.24) is 20.2 Å². The Hall–Kier alpha value is -3.15. The summed E-state index contributed by atoms with van der Waals surface area (Å²) in [6.07, 6.45) is 1.73. The highest BCUT2D eigenvalue weighted by molar-refractivity contribution is 6.36. The molecule has 2 N–H and O–H groups in total. The second kappa shape index (κ2) is 6.48. The van der Waals surface area contributed by atoms with Gasteiger partial charge < -0.3 is 4.98 Å². The molecule has 0 aliphatic heterocycles. The first-order chi connectivity index (χ1) is 13.6. The van der Waals surface area contributed by atoms with E-state index in [-0.39, 0.29) is 5.56 Å². The summed E-state index contributed by atoms with van der Waals surface area (Å²) in [7, 11) is 0. The number of H-pyrrole nitrogens is 2. The zero-order chi connectivity index (χ0) is 19.3. The Balaban J connectivity index is 1.88. The van der Waals surface area contributed by atoms with E-state index in [0.717, 1.165) is 33.3 Å². The molecule has 0 unspecified atom stereocenters. The van der Waals surface area contributed by atoms with Gasteiger partial charge >= 0.3 is 0 Å². The van der Waals surface area contributed by atoms with Crippen LogP contribution in [0.4, 0.5) is 0 Å². The topological polar surface area (TPSA) is 74.4 Å². The van der Waals surface area contributed by atoms with E-state index < -0.39 is 0 Å². The monoisotopic (exact) mass is 406 g/mol. The molecule has 3 aromatic heterocycles. The maximum Gasteiger partial charge on any atom is 0.251 e. The molecule has 0 spiro atoms. The van der Waals surface area contributed by atoms with Gasteiger partial charge in [-0.05, 0) is 23.8 Å². The zero-order valence-corrected chi connectivity index (χ0v) is 15.8. The van der Waals surface area contributed by atoms with Crippen molar-refractivity contribution in [1.29, 1.82) is 0 Å². The number of fused-ring (bicyclic) bond motifs is 2. The molecule has 0 amide bonds. The fraction of sp³-hybridized carbons (Fsp3) is 0. The third kappa shape index (κ3) is 2.76. The summed E-state index contributed by atoms with van der Waals surface area (Å²) < 4.78 is 0. The average Bonchev–Trinajstić information content (AvgIpc) is 3.17. The number of nitrogens with one attached hydrogen (secondary N) is 2. The molecule has 0 saturated heterocycles. The fourth-order valence-corrected chi connectivity index (χ4v) is 3.85. The molecule has 2 aromatic carbocycles. The van der Waals surface area contributed by atoms with E-state index in [1.807, 2.05) is 48.5 Å². The molecule has 5 aromatic rings. The fourth-order valence-electron chi connectivity index (χ4n) is 3.34. The maximum atomic E-state index is 11.9. The van der Waals surface area contributed by atoms with E-state index in [2.05, 4.69) is 15.2 Å². The van der Waals surface area contributed by atoms with Gasteiger partial charge in [-0.15, -0.1) is 0 Å². The standard InChI is InChI=1S/C21H12Cl2N4O/c22-16-9-18(28)25-21-15(16)8-14(19(26-21)11-4-2-1-3-5-11)12-6-13-10-24-27-20(13)17(23)7-12/h1-10H,(H,24,27)(H,25,26,28). The Morgan fingerprint density at radius 2 is 1.71 bits per heavy atom. The van der Waals surface area contributed by atoms with Crippen LogP contribution >= 0.6 is 23.2 Å².